The molecule has 0 saturated carbocycles. The van der Waals surface area contributed by atoms with E-state index in [1.165, 1.54) is 16.8 Å². The van der Waals surface area contributed by atoms with Crippen LogP contribution < -0.4 is 5.32 Å². The second kappa shape index (κ2) is 7.04. The topological polar surface area (TPSA) is 29.9 Å². The van der Waals surface area contributed by atoms with Gasteiger partial charge in [0.15, 0.2) is 0 Å². The molecular formula is C16H22BrN3. The fourth-order valence-electron chi connectivity index (χ4n) is 2.58. The largest absolute Gasteiger partial charge is 0.310 e. The Hall–Kier alpha value is -1.13. The Kier molecular flexibility index (Phi) is 5.38. The van der Waals surface area contributed by atoms with Gasteiger partial charge in [0, 0.05) is 29.5 Å². The molecule has 1 aromatic carbocycles. The molecule has 2 rings (SSSR count). The molecule has 1 aromatic heterocycles. The molecule has 108 valence electrons. The van der Waals surface area contributed by atoms with Gasteiger partial charge in [-0.05, 0) is 55.6 Å². The van der Waals surface area contributed by atoms with Gasteiger partial charge in [0.1, 0.15) is 0 Å². The summed E-state index contributed by atoms with van der Waals surface area (Å²) in [6, 6.07) is 9.01. The van der Waals surface area contributed by atoms with Crippen molar-refractivity contribution in [2.75, 3.05) is 6.54 Å². The summed E-state index contributed by atoms with van der Waals surface area (Å²) in [6.07, 6.45) is 3.97. The number of halogens is 1. The van der Waals surface area contributed by atoms with Crippen molar-refractivity contribution in [2.45, 2.75) is 32.7 Å². The average molecular weight is 336 g/mol. The molecule has 0 aliphatic heterocycles. The maximum atomic E-state index is 4.23. The van der Waals surface area contributed by atoms with Gasteiger partial charge in [-0.15, -0.1) is 0 Å². The minimum Gasteiger partial charge on any atom is -0.310 e. The first-order chi connectivity index (χ1) is 9.61. The van der Waals surface area contributed by atoms with Gasteiger partial charge in [0.05, 0.1) is 0 Å². The van der Waals surface area contributed by atoms with Crippen molar-refractivity contribution in [2.24, 2.45) is 7.05 Å². The number of hydrogen-bond donors (Lipinski definition) is 1. The lowest BCUT2D eigenvalue weighted by molar-refractivity contribution is 0.504. The van der Waals surface area contributed by atoms with Gasteiger partial charge in [-0.2, -0.15) is 5.10 Å². The number of nitrogens with zero attached hydrogens (tertiary/aromatic N) is 2. The van der Waals surface area contributed by atoms with Crippen LogP contribution in [-0.2, 0) is 13.5 Å². The van der Waals surface area contributed by atoms with Crippen LogP contribution in [0.3, 0.4) is 0 Å². The third kappa shape index (κ3) is 3.70. The van der Waals surface area contributed by atoms with Crippen molar-refractivity contribution < 1.29 is 0 Å². The third-order valence-electron chi connectivity index (χ3n) is 3.67. The molecule has 0 bridgehead atoms. The van der Waals surface area contributed by atoms with Gasteiger partial charge in [0.25, 0.3) is 0 Å². The number of aromatic nitrogens is 2. The van der Waals surface area contributed by atoms with Crippen molar-refractivity contribution in [3.63, 3.8) is 0 Å². The highest BCUT2D eigenvalue weighted by atomic mass is 79.9. The van der Waals surface area contributed by atoms with Gasteiger partial charge in [-0.1, -0.05) is 28.9 Å². The highest BCUT2D eigenvalue weighted by Crippen LogP contribution is 2.25. The van der Waals surface area contributed by atoms with Crippen molar-refractivity contribution in [1.82, 2.24) is 15.1 Å². The molecule has 1 atom stereocenters. The summed E-state index contributed by atoms with van der Waals surface area (Å²) < 4.78 is 3.10. The number of rotatable bonds is 6. The van der Waals surface area contributed by atoms with E-state index in [2.05, 4.69) is 64.5 Å². The number of aryl methyl sites for hydroxylation is 3. The summed E-state index contributed by atoms with van der Waals surface area (Å²) >= 11 is 3.53. The molecule has 0 spiro atoms. The van der Waals surface area contributed by atoms with E-state index in [0.717, 1.165) is 23.9 Å². The van der Waals surface area contributed by atoms with Crippen molar-refractivity contribution >= 4 is 15.9 Å². The standard InChI is InChI=1S/C16H22BrN3/c1-4-18-16(8-6-14-9-10-19-20(14)3)15-7-5-13(17)11-12(15)2/h5,7,9-11,16,18H,4,6,8H2,1-3H3. The van der Waals surface area contributed by atoms with E-state index < -0.39 is 0 Å². The van der Waals surface area contributed by atoms with Crippen LogP contribution in [0, 0.1) is 6.92 Å². The molecule has 0 aliphatic carbocycles. The molecule has 3 nitrogen and oxygen atoms in total. The summed E-state index contributed by atoms with van der Waals surface area (Å²) in [5, 5.41) is 7.83. The van der Waals surface area contributed by atoms with Crippen LogP contribution in [0.15, 0.2) is 34.9 Å². The quantitative estimate of drug-likeness (QED) is 0.870. The Morgan fingerprint density at radius 3 is 2.75 bits per heavy atom. The fourth-order valence-corrected chi connectivity index (χ4v) is 3.06. The molecule has 1 unspecified atom stereocenters. The van der Waals surface area contributed by atoms with Gasteiger partial charge < -0.3 is 5.32 Å². The molecule has 0 fully saturated rings. The lowest BCUT2D eigenvalue weighted by atomic mass is 9.97. The monoisotopic (exact) mass is 335 g/mol. The van der Waals surface area contributed by atoms with Crippen LogP contribution in [0.25, 0.3) is 0 Å². The maximum absolute atomic E-state index is 4.23. The van der Waals surface area contributed by atoms with Gasteiger partial charge in [0.2, 0.25) is 0 Å². The van der Waals surface area contributed by atoms with E-state index in [0.29, 0.717) is 6.04 Å². The SMILES string of the molecule is CCNC(CCc1ccnn1C)c1ccc(Br)cc1C. The molecule has 20 heavy (non-hydrogen) atoms. The smallest absolute Gasteiger partial charge is 0.0492 e. The lowest BCUT2D eigenvalue weighted by Gasteiger charge is -2.20. The normalized spacial score (nSPS) is 12.6. The second-order valence-electron chi connectivity index (χ2n) is 5.10. The van der Waals surface area contributed by atoms with E-state index >= 15 is 0 Å². The number of hydrogen-bond acceptors (Lipinski definition) is 2. The van der Waals surface area contributed by atoms with Crippen molar-refractivity contribution in [1.29, 1.82) is 0 Å². The highest BCUT2D eigenvalue weighted by molar-refractivity contribution is 9.10. The number of benzene rings is 1. The minimum absolute atomic E-state index is 0.392. The lowest BCUT2D eigenvalue weighted by Crippen LogP contribution is -2.22. The fraction of sp³-hybridized carbons (Fsp3) is 0.438. The first kappa shape index (κ1) is 15.3. The summed E-state index contributed by atoms with van der Waals surface area (Å²) in [4.78, 5) is 0. The molecule has 1 heterocycles. The molecule has 0 amide bonds. The van der Waals surface area contributed by atoms with E-state index in [-0.39, 0.29) is 0 Å². The van der Waals surface area contributed by atoms with Crippen molar-refractivity contribution in [3.8, 4) is 0 Å². The Balaban J connectivity index is 2.12. The zero-order valence-corrected chi connectivity index (χ0v) is 13.9. The van der Waals surface area contributed by atoms with E-state index in [1.807, 2.05) is 17.9 Å². The van der Waals surface area contributed by atoms with Gasteiger partial charge in [-0.25, -0.2) is 0 Å². The molecule has 2 aromatic rings. The highest BCUT2D eigenvalue weighted by Gasteiger charge is 2.13. The zero-order chi connectivity index (χ0) is 14.5. The van der Waals surface area contributed by atoms with Crippen LogP contribution in [0.5, 0.6) is 0 Å². The van der Waals surface area contributed by atoms with Crippen molar-refractivity contribution in [3.05, 3.63) is 51.8 Å². The summed E-state index contributed by atoms with van der Waals surface area (Å²) in [5.74, 6) is 0. The Morgan fingerprint density at radius 2 is 2.15 bits per heavy atom. The van der Waals surface area contributed by atoms with Gasteiger partial charge >= 0.3 is 0 Å². The first-order valence-corrected chi connectivity index (χ1v) is 7.87. The zero-order valence-electron chi connectivity index (χ0n) is 12.4. The predicted molar refractivity (Wildman–Crippen MR) is 86.8 cm³/mol. The molecule has 0 radical (unpaired) electrons. The third-order valence-corrected chi connectivity index (χ3v) is 4.16. The van der Waals surface area contributed by atoms with Crippen LogP contribution in [0.1, 0.15) is 36.2 Å². The second-order valence-corrected chi connectivity index (χ2v) is 6.01. The molecular weight excluding hydrogens is 314 g/mol. The van der Waals surface area contributed by atoms with Crippen LogP contribution in [0.4, 0.5) is 0 Å². The van der Waals surface area contributed by atoms with E-state index in [1.54, 1.807) is 0 Å². The summed E-state index contributed by atoms with van der Waals surface area (Å²) in [5.41, 5.74) is 4.00. The minimum atomic E-state index is 0.392. The van der Waals surface area contributed by atoms with E-state index in [4.69, 9.17) is 0 Å². The van der Waals surface area contributed by atoms with Crippen LogP contribution in [-0.4, -0.2) is 16.3 Å². The Morgan fingerprint density at radius 1 is 1.35 bits per heavy atom. The summed E-state index contributed by atoms with van der Waals surface area (Å²) in [7, 11) is 2.00. The maximum Gasteiger partial charge on any atom is 0.0492 e. The van der Waals surface area contributed by atoms with Crippen LogP contribution >= 0.6 is 15.9 Å². The Bertz CT molecular complexity index is 563. The average Bonchev–Trinajstić information content (AvgIpc) is 2.81. The van der Waals surface area contributed by atoms with E-state index in [9.17, 15) is 0 Å². The molecule has 0 aliphatic rings. The Labute approximate surface area is 129 Å². The predicted octanol–water partition coefficient (Wildman–Crippen LogP) is 3.77. The molecule has 0 saturated heterocycles. The summed E-state index contributed by atoms with van der Waals surface area (Å²) in [6.45, 7) is 5.31. The van der Waals surface area contributed by atoms with Crippen LogP contribution in [0.2, 0.25) is 0 Å². The first-order valence-electron chi connectivity index (χ1n) is 7.08. The number of nitrogens with one attached hydrogen (secondary N) is 1. The molecule has 4 heteroatoms. The molecule has 1 N–H and O–H groups in total. The van der Waals surface area contributed by atoms with Gasteiger partial charge in [-0.3, -0.25) is 4.68 Å².